The Balaban J connectivity index is 1.54. The molecule has 1 N–H and O–H groups in total. The zero-order valence-corrected chi connectivity index (χ0v) is 18.6. The number of fused-ring (bicyclic) bond motifs is 1. The lowest BCUT2D eigenvalue weighted by atomic mass is 10.1. The number of hydrogen-bond donors (Lipinski definition) is 1. The van der Waals surface area contributed by atoms with Crippen LogP contribution in [0.2, 0.25) is 10.0 Å². The van der Waals surface area contributed by atoms with Crippen molar-refractivity contribution in [3.8, 4) is 17.2 Å². The van der Waals surface area contributed by atoms with Crippen molar-refractivity contribution in [2.24, 2.45) is 0 Å². The van der Waals surface area contributed by atoms with Gasteiger partial charge in [0.25, 0.3) is 0 Å². The Kier molecular flexibility index (Phi) is 5.98. The number of carbonyl (C=O) groups is 1. The van der Waals surface area contributed by atoms with E-state index in [1.165, 1.54) is 7.11 Å². The van der Waals surface area contributed by atoms with Gasteiger partial charge in [0.05, 0.1) is 30.9 Å². The predicted molar refractivity (Wildman–Crippen MR) is 116 cm³/mol. The van der Waals surface area contributed by atoms with Crippen LogP contribution in [-0.4, -0.2) is 27.6 Å². The average Bonchev–Trinajstić information content (AvgIpc) is 3.31. The number of nitrogens with one attached hydrogen (secondary N) is 1. The molecule has 0 unspecified atom stereocenters. The number of amides is 1. The van der Waals surface area contributed by atoms with Crippen molar-refractivity contribution in [2.75, 3.05) is 12.4 Å². The van der Waals surface area contributed by atoms with Crippen LogP contribution in [0, 0.1) is 6.92 Å². The number of ether oxygens (including phenoxy) is 1. The lowest BCUT2D eigenvalue weighted by Gasteiger charge is -2.13. The fraction of sp³-hybridized carbons (Fsp3) is 0.190. The van der Waals surface area contributed by atoms with E-state index in [2.05, 4.69) is 15.4 Å². The number of carbonyl (C=O) groups excluding carboxylic acids is 1. The van der Waals surface area contributed by atoms with Crippen LogP contribution in [-0.2, 0) is 17.4 Å². The van der Waals surface area contributed by atoms with Crippen molar-refractivity contribution in [1.82, 2.24) is 14.6 Å². The molecule has 0 atom stereocenters. The Morgan fingerprint density at radius 3 is 2.52 bits per heavy atom. The second-order valence-corrected chi connectivity index (χ2v) is 7.83. The Morgan fingerprint density at radius 1 is 1.21 bits per heavy atom. The molecule has 12 heteroatoms. The van der Waals surface area contributed by atoms with Crippen molar-refractivity contribution in [1.29, 1.82) is 0 Å². The topological polar surface area (TPSA) is 81.7 Å². The van der Waals surface area contributed by atoms with Crippen molar-refractivity contribution in [3.05, 3.63) is 63.5 Å². The molecule has 7 nitrogen and oxygen atoms in total. The maximum absolute atomic E-state index is 12.9. The molecule has 0 radical (unpaired) electrons. The third-order valence-electron chi connectivity index (χ3n) is 4.79. The second kappa shape index (κ2) is 8.60. The molecule has 0 aliphatic rings. The summed E-state index contributed by atoms with van der Waals surface area (Å²) in [5, 5.41) is 6.51. The normalized spacial score (nSPS) is 11.7. The SMILES string of the molecule is COc1cc(NC(=O)Cc2c(Cl)cc(C(F)(F)F)cc2Cl)ccc1-c1nn2c(C)ncc2o1. The van der Waals surface area contributed by atoms with Crippen LogP contribution >= 0.6 is 23.2 Å². The minimum absolute atomic E-state index is 0.0898. The summed E-state index contributed by atoms with van der Waals surface area (Å²) in [6, 6.07) is 6.30. The molecule has 0 bridgehead atoms. The molecule has 2 aromatic carbocycles. The van der Waals surface area contributed by atoms with Gasteiger partial charge in [-0.15, -0.1) is 5.10 Å². The number of nitrogens with zero attached hydrogens (tertiary/aromatic N) is 3. The number of rotatable bonds is 5. The van der Waals surface area contributed by atoms with Crippen LogP contribution in [0.15, 0.2) is 40.9 Å². The monoisotopic (exact) mass is 498 g/mol. The highest BCUT2D eigenvalue weighted by atomic mass is 35.5. The first-order valence-electron chi connectivity index (χ1n) is 9.41. The molecule has 0 fully saturated rings. The Bertz CT molecular complexity index is 1340. The number of aryl methyl sites for hydroxylation is 1. The highest BCUT2D eigenvalue weighted by molar-refractivity contribution is 6.36. The summed E-state index contributed by atoms with van der Waals surface area (Å²) < 4.78 is 51.3. The van der Waals surface area contributed by atoms with E-state index in [9.17, 15) is 18.0 Å². The summed E-state index contributed by atoms with van der Waals surface area (Å²) in [7, 11) is 1.45. The maximum Gasteiger partial charge on any atom is 0.416 e. The van der Waals surface area contributed by atoms with Gasteiger partial charge in [-0.25, -0.2) is 4.98 Å². The molecular formula is C21H15Cl2F3N4O3. The van der Waals surface area contributed by atoms with Crippen molar-refractivity contribution >= 4 is 40.5 Å². The second-order valence-electron chi connectivity index (χ2n) is 7.02. The number of hydrogen-bond acceptors (Lipinski definition) is 5. The fourth-order valence-electron chi connectivity index (χ4n) is 3.17. The quantitative estimate of drug-likeness (QED) is 0.375. The molecular weight excluding hydrogens is 484 g/mol. The zero-order valence-electron chi connectivity index (χ0n) is 17.1. The zero-order chi connectivity index (χ0) is 23.9. The first-order chi connectivity index (χ1) is 15.6. The van der Waals surface area contributed by atoms with E-state index < -0.39 is 17.6 Å². The lowest BCUT2D eigenvalue weighted by molar-refractivity contribution is -0.137. The third-order valence-corrected chi connectivity index (χ3v) is 5.47. The number of benzene rings is 2. The summed E-state index contributed by atoms with van der Waals surface area (Å²) in [5.74, 6) is 0.811. The molecule has 1 amide bonds. The minimum Gasteiger partial charge on any atom is -0.496 e. The fourth-order valence-corrected chi connectivity index (χ4v) is 3.80. The van der Waals surface area contributed by atoms with Crippen LogP contribution in [0.4, 0.5) is 18.9 Å². The molecule has 0 aliphatic heterocycles. The van der Waals surface area contributed by atoms with E-state index in [1.807, 2.05) is 0 Å². The van der Waals surface area contributed by atoms with Crippen LogP contribution in [0.3, 0.4) is 0 Å². The molecule has 2 heterocycles. The Hall–Kier alpha value is -3.24. The van der Waals surface area contributed by atoms with Crippen molar-refractivity contribution < 1.29 is 27.1 Å². The average molecular weight is 499 g/mol. The van der Waals surface area contributed by atoms with Crippen molar-refractivity contribution in [3.63, 3.8) is 0 Å². The van der Waals surface area contributed by atoms with Gasteiger partial charge in [0.15, 0.2) is 0 Å². The number of aromatic nitrogens is 3. The van der Waals surface area contributed by atoms with E-state index in [4.69, 9.17) is 32.4 Å². The van der Waals surface area contributed by atoms with E-state index in [1.54, 1.807) is 35.8 Å². The van der Waals surface area contributed by atoms with E-state index in [-0.39, 0.29) is 22.0 Å². The molecule has 4 aromatic rings. The third kappa shape index (κ3) is 4.62. The van der Waals surface area contributed by atoms with Gasteiger partial charge in [0, 0.05) is 21.8 Å². The number of methoxy groups -OCH3 is 1. The Morgan fingerprint density at radius 2 is 1.91 bits per heavy atom. The summed E-state index contributed by atoms with van der Waals surface area (Å²) in [5.41, 5.74) is 0.499. The van der Waals surface area contributed by atoms with Gasteiger partial charge in [-0.05, 0) is 36.8 Å². The minimum atomic E-state index is -4.60. The molecule has 0 spiro atoms. The highest BCUT2D eigenvalue weighted by Crippen LogP contribution is 2.36. The van der Waals surface area contributed by atoms with Gasteiger partial charge >= 0.3 is 6.18 Å². The number of halogens is 5. The van der Waals surface area contributed by atoms with Crippen LogP contribution in [0.1, 0.15) is 17.0 Å². The van der Waals surface area contributed by atoms with Crippen LogP contribution in [0.25, 0.3) is 17.2 Å². The van der Waals surface area contributed by atoms with Gasteiger partial charge in [0.1, 0.15) is 11.6 Å². The van der Waals surface area contributed by atoms with Crippen LogP contribution < -0.4 is 10.1 Å². The molecule has 0 saturated carbocycles. The first kappa shape index (κ1) is 22.9. The molecule has 33 heavy (non-hydrogen) atoms. The summed E-state index contributed by atoms with van der Waals surface area (Å²) in [6.07, 6.45) is -3.38. The van der Waals surface area contributed by atoms with Crippen molar-refractivity contribution in [2.45, 2.75) is 19.5 Å². The molecule has 172 valence electrons. The summed E-state index contributed by atoms with van der Waals surface area (Å²) in [4.78, 5) is 16.6. The van der Waals surface area contributed by atoms with Gasteiger partial charge in [0.2, 0.25) is 17.5 Å². The van der Waals surface area contributed by atoms with Gasteiger partial charge in [-0.3, -0.25) is 4.79 Å². The standard InChI is InChI=1S/C21H15Cl2F3N4O3/c1-10-27-9-19-30(10)29-20(33-19)13-4-3-12(7-17(13)32-2)28-18(31)8-14-15(22)5-11(6-16(14)23)21(24,25)26/h3-7,9H,8H2,1-2H3,(H,28,31). The van der Waals surface area contributed by atoms with Crippen LogP contribution in [0.5, 0.6) is 5.75 Å². The van der Waals surface area contributed by atoms with E-state index in [0.717, 1.165) is 12.1 Å². The molecule has 0 aliphatic carbocycles. The summed E-state index contributed by atoms with van der Waals surface area (Å²) in [6.45, 7) is 1.78. The predicted octanol–water partition coefficient (Wildman–Crippen LogP) is 5.81. The first-order valence-corrected chi connectivity index (χ1v) is 10.2. The number of anilines is 1. The molecule has 4 rings (SSSR count). The van der Waals surface area contributed by atoms with Gasteiger partial charge < -0.3 is 14.5 Å². The highest BCUT2D eigenvalue weighted by Gasteiger charge is 2.32. The number of imidazole rings is 1. The summed E-state index contributed by atoms with van der Waals surface area (Å²) >= 11 is 11.9. The maximum atomic E-state index is 12.9. The van der Waals surface area contributed by atoms with Gasteiger partial charge in [-0.2, -0.15) is 17.7 Å². The smallest absolute Gasteiger partial charge is 0.416 e. The largest absolute Gasteiger partial charge is 0.496 e. The molecule has 0 saturated heterocycles. The lowest BCUT2D eigenvalue weighted by Crippen LogP contribution is -2.15. The number of alkyl halides is 3. The van der Waals surface area contributed by atoms with E-state index >= 15 is 0 Å². The Labute approximate surface area is 195 Å². The van der Waals surface area contributed by atoms with E-state index in [0.29, 0.717) is 34.4 Å². The van der Waals surface area contributed by atoms with Gasteiger partial charge in [-0.1, -0.05) is 23.2 Å². The molecule has 2 aromatic heterocycles.